The maximum atomic E-state index is 12.4. The first-order chi connectivity index (χ1) is 9.79. The monoisotopic (exact) mass is 298 g/mol. The van der Waals surface area contributed by atoms with Gasteiger partial charge in [0.1, 0.15) is 5.56 Å². The van der Waals surface area contributed by atoms with Gasteiger partial charge in [0.25, 0.3) is 5.91 Å². The number of nitrogens with one attached hydrogen (secondary N) is 1. The van der Waals surface area contributed by atoms with Gasteiger partial charge in [0, 0.05) is 11.6 Å². The summed E-state index contributed by atoms with van der Waals surface area (Å²) in [6, 6.07) is 4.21. The highest BCUT2D eigenvalue weighted by Crippen LogP contribution is 2.30. The summed E-state index contributed by atoms with van der Waals surface area (Å²) in [6.07, 6.45) is -3.11. The molecule has 0 bridgehead atoms. The van der Waals surface area contributed by atoms with E-state index in [0.717, 1.165) is 12.1 Å². The average Bonchev–Trinajstić information content (AvgIpc) is 2.87. The van der Waals surface area contributed by atoms with Gasteiger partial charge in [0.15, 0.2) is 5.76 Å². The van der Waals surface area contributed by atoms with E-state index in [4.69, 9.17) is 4.52 Å². The number of amides is 1. The lowest BCUT2D eigenvalue weighted by Gasteiger charge is -2.09. The van der Waals surface area contributed by atoms with Crippen LogP contribution >= 0.6 is 0 Å². The fraction of sp³-hybridized carbons (Fsp3) is 0.286. The van der Waals surface area contributed by atoms with Crippen molar-refractivity contribution in [3.8, 4) is 0 Å². The van der Waals surface area contributed by atoms with E-state index in [2.05, 4.69) is 10.5 Å². The number of rotatable bonds is 3. The summed E-state index contributed by atoms with van der Waals surface area (Å²) in [4.78, 5) is 12.0. The van der Waals surface area contributed by atoms with Crippen LogP contribution in [0.15, 0.2) is 35.0 Å². The van der Waals surface area contributed by atoms with Crippen LogP contribution in [0.1, 0.15) is 41.4 Å². The molecule has 1 N–H and O–H groups in total. The summed E-state index contributed by atoms with van der Waals surface area (Å²) in [7, 11) is 0. The van der Waals surface area contributed by atoms with E-state index in [1.54, 1.807) is 0 Å². The van der Waals surface area contributed by atoms with Gasteiger partial charge in [-0.25, -0.2) is 0 Å². The molecule has 0 radical (unpaired) electrons. The number of benzene rings is 1. The molecule has 0 unspecified atom stereocenters. The number of nitrogens with zero attached hydrogens (tertiary/aromatic N) is 1. The molecule has 0 aliphatic heterocycles. The van der Waals surface area contributed by atoms with Gasteiger partial charge in [-0.1, -0.05) is 19.0 Å². The molecule has 2 aromatic rings. The predicted octanol–water partition coefficient (Wildman–Crippen LogP) is 4.07. The third-order valence-electron chi connectivity index (χ3n) is 2.84. The van der Waals surface area contributed by atoms with E-state index in [-0.39, 0.29) is 17.2 Å². The highest BCUT2D eigenvalue weighted by molar-refractivity contribution is 6.04. The van der Waals surface area contributed by atoms with Crippen molar-refractivity contribution in [2.45, 2.75) is 25.9 Å². The van der Waals surface area contributed by atoms with Crippen LogP contribution in [0.25, 0.3) is 0 Å². The van der Waals surface area contributed by atoms with E-state index in [1.165, 1.54) is 18.3 Å². The zero-order valence-corrected chi connectivity index (χ0v) is 11.4. The molecule has 7 heteroatoms. The van der Waals surface area contributed by atoms with E-state index < -0.39 is 17.6 Å². The summed E-state index contributed by atoms with van der Waals surface area (Å²) in [5.41, 5.74) is -0.234. The summed E-state index contributed by atoms with van der Waals surface area (Å²) >= 11 is 0. The van der Waals surface area contributed by atoms with Crippen molar-refractivity contribution in [1.29, 1.82) is 0 Å². The van der Waals surface area contributed by atoms with Crippen molar-refractivity contribution in [3.63, 3.8) is 0 Å². The fourth-order valence-electron chi connectivity index (χ4n) is 1.78. The Hall–Kier alpha value is -2.31. The molecule has 0 saturated heterocycles. The van der Waals surface area contributed by atoms with Gasteiger partial charge >= 0.3 is 6.18 Å². The minimum Gasteiger partial charge on any atom is -0.360 e. The molecule has 0 aliphatic rings. The number of carbonyl (C=O) groups is 1. The molecule has 0 saturated carbocycles. The van der Waals surface area contributed by atoms with Crippen LogP contribution in [0, 0.1) is 0 Å². The number of alkyl halides is 3. The molecule has 1 aromatic heterocycles. The number of aromatic nitrogens is 1. The molecule has 0 atom stereocenters. The van der Waals surface area contributed by atoms with Gasteiger partial charge in [0.05, 0.1) is 11.8 Å². The van der Waals surface area contributed by atoms with Crippen molar-refractivity contribution in [2.75, 3.05) is 5.32 Å². The fourth-order valence-corrected chi connectivity index (χ4v) is 1.78. The number of halogens is 3. The molecule has 2 rings (SSSR count). The average molecular weight is 298 g/mol. The van der Waals surface area contributed by atoms with Crippen molar-refractivity contribution in [1.82, 2.24) is 5.16 Å². The molecule has 112 valence electrons. The smallest absolute Gasteiger partial charge is 0.360 e. The normalized spacial score (nSPS) is 11.7. The number of anilines is 1. The third kappa shape index (κ3) is 3.42. The van der Waals surface area contributed by atoms with E-state index in [0.29, 0.717) is 5.76 Å². The first kappa shape index (κ1) is 15.1. The second-order valence-electron chi connectivity index (χ2n) is 4.79. The topological polar surface area (TPSA) is 55.1 Å². The Morgan fingerprint density at radius 2 is 1.86 bits per heavy atom. The summed E-state index contributed by atoms with van der Waals surface area (Å²) in [6.45, 7) is 3.69. The highest BCUT2D eigenvalue weighted by Gasteiger charge is 2.30. The molecule has 0 spiro atoms. The van der Waals surface area contributed by atoms with Crippen molar-refractivity contribution < 1.29 is 22.5 Å². The summed E-state index contributed by atoms with van der Waals surface area (Å²) in [5.74, 6) is -0.0695. The Labute approximate surface area is 118 Å². The third-order valence-corrected chi connectivity index (χ3v) is 2.84. The van der Waals surface area contributed by atoms with Crippen LogP contribution in [0.3, 0.4) is 0 Å². The van der Waals surface area contributed by atoms with Crippen LogP contribution in [0.2, 0.25) is 0 Å². The Kier molecular flexibility index (Phi) is 4.02. The predicted molar refractivity (Wildman–Crippen MR) is 70.0 cm³/mol. The Morgan fingerprint density at radius 1 is 1.24 bits per heavy atom. The SMILES string of the molecule is CC(C)c1oncc1C(=O)Nc1ccc(C(F)(F)F)cc1. The Balaban J connectivity index is 2.15. The minimum absolute atomic E-state index is 0.0270. The largest absolute Gasteiger partial charge is 0.416 e. The van der Waals surface area contributed by atoms with E-state index in [9.17, 15) is 18.0 Å². The number of hydrogen-bond donors (Lipinski definition) is 1. The highest BCUT2D eigenvalue weighted by atomic mass is 19.4. The molecular weight excluding hydrogens is 285 g/mol. The van der Waals surface area contributed by atoms with Crippen molar-refractivity contribution in [2.24, 2.45) is 0 Å². The Morgan fingerprint density at radius 3 is 2.38 bits per heavy atom. The molecule has 0 fully saturated rings. The van der Waals surface area contributed by atoms with Crippen molar-refractivity contribution in [3.05, 3.63) is 47.3 Å². The van der Waals surface area contributed by atoms with E-state index >= 15 is 0 Å². The molecule has 0 aliphatic carbocycles. The standard InChI is InChI=1S/C14H13F3N2O2/c1-8(2)12-11(7-18-21-12)13(20)19-10-5-3-9(4-6-10)14(15,16)17/h3-8H,1-2H3,(H,19,20). The molecule has 1 aromatic carbocycles. The quantitative estimate of drug-likeness (QED) is 0.929. The number of carbonyl (C=O) groups excluding carboxylic acids is 1. The van der Waals surface area contributed by atoms with Gasteiger partial charge < -0.3 is 9.84 Å². The molecule has 1 amide bonds. The van der Waals surface area contributed by atoms with Gasteiger partial charge in [-0.3, -0.25) is 4.79 Å². The lowest BCUT2D eigenvalue weighted by molar-refractivity contribution is -0.137. The summed E-state index contributed by atoms with van der Waals surface area (Å²) in [5, 5.41) is 6.08. The van der Waals surface area contributed by atoms with Gasteiger partial charge in [-0.05, 0) is 24.3 Å². The van der Waals surface area contributed by atoms with Crippen LogP contribution < -0.4 is 5.32 Å². The molecule has 4 nitrogen and oxygen atoms in total. The minimum atomic E-state index is -4.40. The van der Waals surface area contributed by atoms with E-state index in [1.807, 2.05) is 13.8 Å². The first-order valence-corrected chi connectivity index (χ1v) is 6.22. The van der Waals surface area contributed by atoms with Gasteiger partial charge in [-0.2, -0.15) is 13.2 Å². The Bertz CT molecular complexity index is 630. The number of hydrogen-bond acceptors (Lipinski definition) is 3. The zero-order valence-electron chi connectivity index (χ0n) is 11.4. The van der Waals surface area contributed by atoms with Gasteiger partial charge in [0.2, 0.25) is 0 Å². The lowest BCUT2D eigenvalue weighted by Crippen LogP contribution is -2.13. The maximum absolute atomic E-state index is 12.4. The van der Waals surface area contributed by atoms with Crippen LogP contribution in [0.4, 0.5) is 18.9 Å². The molecule has 1 heterocycles. The first-order valence-electron chi connectivity index (χ1n) is 6.22. The van der Waals surface area contributed by atoms with Crippen LogP contribution in [-0.4, -0.2) is 11.1 Å². The van der Waals surface area contributed by atoms with Crippen LogP contribution in [0.5, 0.6) is 0 Å². The molecule has 21 heavy (non-hydrogen) atoms. The molecular formula is C14H13F3N2O2. The second kappa shape index (κ2) is 5.59. The summed E-state index contributed by atoms with van der Waals surface area (Å²) < 4.78 is 42.3. The lowest BCUT2D eigenvalue weighted by atomic mass is 10.1. The zero-order chi connectivity index (χ0) is 15.6. The van der Waals surface area contributed by atoms with Gasteiger partial charge in [-0.15, -0.1) is 0 Å². The van der Waals surface area contributed by atoms with Crippen LogP contribution in [-0.2, 0) is 6.18 Å². The van der Waals surface area contributed by atoms with Crippen molar-refractivity contribution >= 4 is 11.6 Å². The maximum Gasteiger partial charge on any atom is 0.416 e. The second-order valence-corrected chi connectivity index (χ2v) is 4.79.